The first kappa shape index (κ1) is 14.3. The van der Waals surface area contributed by atoms with Crippen LogP contribution in [0, 0.1) is 11.3 Å². The molecule has 2 N–H and O–H groups in total. The lowest BCUT2D eigenvalue weighted by molar-refractivity contribution is -0.163. The Bertz CT molecular complexity index is 292. The molecule has 3 nitrogen and oxygen atoms in total. The summed E-state index contributed by atoms with van der Waals surface area (Å²) in [5.74, 6) is 0.572. The molecule has 0 amide bonds. The Labute approximate surface area is 112 Å². The largest absolute Gasteiger partial charge is 0.377 e. The van der Waals surface area contributed by atoms with Crippen LogP contribution in [0.1, 0.15) is 47.0 Å². The van der Waals surface area contributed by atoms with Gasteiger partial charge in [0.15, 0.2) is 0 Å². The third-order valence-electron chi connectivity index (χ3n) is 5.42. The highest BCUT2D eigenvalue weighted by atomic mass is 16.5. The van der Waals surface area contributed by atoms with Gasteiger partial charge in [-0.05, 0) is 25.9 Å². The fourth-order valence-corrected chi connectivity index (χ4v) is 3.90. The maximum Gasteiger partial charge on any atom is 0.0691 e. The molecule has 18 heavy (non-hydrogen) atoms. The quantitative estimate of drug-likeness (QED) is 0.790. The molecule has 0 radical (unpaired) electrons. The predicted octanol–water partition coefficient (Wildman–Crippen LogP) is 2.25. The molecule has 2 aliphatic rings. The van der Waals surface area contributed by atoms with E-state index >= 15 is 0 Å². The van der Waals surface area contributed by atoms with Gasteiger partial charge in [0.25, 0.3) is 0 Å². The van der Waals surface area contributed by atoms with Gasteiger partial charge in [-0.15, -0.1) is 0 Å². The minimum atomic E-state index is -0.0576. The van der Waals surface area contributed by atoms with E-state index in [0.717, 1.165) is 26.1 Å². The van der Waals surface area contributed by atoms with Crippen molar-refractivity contribution in [2.45, 2.75) is 58.6 Å². The van der Waals surface area contributed by atoms with Crippen LogP contribution in [0.5, 0.6) is 0 Å². The average molecular weight is 254 g/mol. The highest BCUT2D eigenvalue weighted by molar-refractivity contribution is 5.21. The van der Waals surface area contributed by atoms with Crippen LogP contribution in [0.25, 0.3) is 0 Å². The summed E-state index contributed by atoms with van der Waals surface area (Å²) in [6, 6.07) is 0. The van der Waals surface area contributed by atoms with Crippen LogP contribution in [0.4, 0.5) is 0 Å². The van der Waals surface area contributed by atoms with Crippen LogP contribution in [0.15, 0.2) is 0 Å². The number of ether oxygens (including phenoxy) is 1. The number of hydrogen-bond donors (Lipinski definition) is 1. The molecule has 2 rings (SSSR count). The van der Waals surface area contributed by atoms with Gasteiger partial charge in [-0.25, -0.2) is 0 Å². The Morgan fingerprint density at radius 1 is 1.33 bits per heavy atom. The van der Waals surface area contributed by atoms with Gasteiger partial charge in [0.1, 0.15) is 0 Å². The molecule has 3 heteroatoms. The Morgan fingerprint density at radius 2 is 2.06 bits per heavy atom. The van der Waals surface area contributed by atoms with Gasteiger partial charge in [0.05, 0.1) is 6.10 Å². The summed E-state index contributed by atoms with van der Waals surface area (Å²) in [6.07, 6.45) is 4.07. The molecule has 1 saturated heterocycles. The Kier molecular flexibility index (Phi) is 4.05. The van der Waals surface area contributed by atoms with Crippen molar-refractivity contribution in [3.8, 4) is 0 Å². The average Bonchev–Trinajstić information content (AvgIpc) is 2.82. The fourth-order valence-electron chi connectivity index (χ4n) is 3.90. The van der Waals surface area contributed by atoms with Gasteiger partial charge >= 0.3 is 0 Å². The van der Waals surface area contributed by atoms with Gasteiger partial charge in [-0.2, -0.15) is 0 Å². The Balaban J connectivity index is 2.02. The van der Waals surface area contributed by atoms with Gasteiger partial charge < -0.3 is 15.4 Å². The van der Waals surface area contributed by atoms with Crippen molar-refractivity contribution < 1.29 is 4.74 Å². The highest BCUT2D eigenvalue weighted by Crippen LogP contribution is 2.58. The van der Waals surface area contributed by atoms with E-state index in [4.69, 9.17) is 10.5 Å². The number of fused-ring (bicyclic) bond motifs is 1. The number of rotatable bonds is 6. The van der Waals surface area contributed by atoms with Crippen molar-refractivity contribution in [2.75, 3.05) is 26.2 Å². The number of nitrogens with zero attached hydrogens (tertiary/aromatic N) is 1. The second kappa shape index (κ2) is 5.10. The van der Waals surface area contributed by atoms with Gasteiger partial charge in [-0.1, -0.05) is 34.1 Å². The smallest absolute Gasteiger partial charge is 0.0691 e. The molecule has 2 fully saturated rings. The molecular weight excluding hydrogens is 224 g/mol. The monoisotopic (exact) mass is 254 g/mol. The first-order valence-electron chi connectivity index (χ1n) is 7.60. The standard InChI is InChI=1S/C15H30N2O/c1-5-7-9-17(6-2)11-15(16)12-8-10-18-13(12)14(15,3)4/h12-13H,5-11,16H2,1-4H3. The molecule has 0 aromatic carbocycles. The maximum atomic E-state index is 6.79. The van der Waals surface area contributed by atoms with E-state index in [9.17, 15) is 0 Å². The highest BCUT2D eigenvalue weighted by Gasteiger charge is 2.67. The molecule has 3 unspecified atom stereocenters. The number of hydrogen-bond acceptors (Lipinski definition) is 3. The summed E-state index contributed by atoms with van der Waals surface area (Å²) in [4.78, 5) is 2.53. The van der Waals surface area contributed by atoms with Crippen molar-refractivity contribution >= 4 is 0 Å². The van der Waals surface area contributed by atoms with Crippen LogP contribution in [-0.2, 0) is 4.74 Å². The Morgan fingerprint density at radius 3 is 2.67 bits per heavy atom. The van der Waals surface area contributed by atoms with Gasteiger partial charge in [0.2, 0.25) is 0 Å². The van der Waals surface area contributed by atoms with E-state index in [1.54, 1.807) is 0 Å². The molecule has 0 bridgehead atoms. The lowest BCUT2D eigenvalue weighted by Gasteiger charge is -2.63. The van der Waals surface area contributed by atoms with Crippen molar-refractivity contribution in [1.29, 1.82) is 0 Å². The minimum Gasteiger partial charge on any atom is -0.377 e. The number of nitrogens with two attached hydrogens (primary N) is 1. The van der Waals surface area contributed by atoms with Crippen molar-refractivity contribution in [2.24, 2.45) is 17.1 Å². The van der Waals surface area contributed by atoms with E-state index in [1.165, 1.54) is 19.4 Å². The van der Waals surface area contributed by atoms with E-state index in [-0.39, 0.29) is 11.0 Å². The summed E-state index contributed by atoms with van der Waals surface area (Å²) < 4.78 is 5.86. The van der Waals surface area contributed by atoms with Gasteiger partial charge in [0, 0.05) is 30.0 Å². The number of likely N-dealkylation sites (N-methyl/N-ethyl adjacent to an activating group) is 1. The first-order chi connectivity index (χ1) is 8.47. The zero-order chi connectivity index (χ0) is 13.4. The summed E-state index contributed by atoms with van der Waals surface area (Å²) in [5.41, 5.74) is 6.85. The second-order valence-electron chi connectivity index (χ2n) is 6.67. The summed E-state index contributed by atoms with van der Waals surface area (Å²) in [5, 5.41) is 0. The van der Waals surface area contributed by atoms with E-state index in [0.29, 0.717) is 12.0 Å². The Hall–Kier alpha value is -0.120. The topological polar surface area (TPSA) is 38.5 Å². The SMILES string of the molecule is CCCCN(CC)CC1(N)C2CCOC2C1(C)C. The first-order valence-corrected chi connectivity index (χ1v) is 7.60. The lowest BCUT2D eigenvalue weighted by Crippen LogP contribution is -2.78. The van der Waals surface area contributed by atoms with E-state index < -0.39 is 0 Å². The van der Waals surface area contributed by atoms with Crippen molar-refractivity contribution in [3.05, 3.63) is 0 Å². The van der Waals surface area contributed by atoms with Crippen LogP contribution < -0.4 is 5.73 Å². The summed E-state index contributed by atoms with van der Waals surface area (Å²) in [7, 11) is 0. The molecule has 0 aromatic heterocycles. The molecule has 1 aliphatic heterocycles. The molecular formula is C15H30N2O. The van der Waals surface area contributed by atoms with Gasteiger partial charge in [-0.3, -0.25) is 0 Å². The third kappa shape index (κ3) is 2.00. The minimum absolute atomic E-state index is 0.0576. The molecule has 1 saturated carbocycles. The lowest BCUT2D eigenvalue weighted by atomic mass is 9.48. The zero-order valence-corrected chi connectivity index (χ0v) is 12.5. The van der Waals surface area contributed by atoms with Crippen molar-refractivity contribution in [1.82, 2.24) is 4.90 Å². The molecule has 1 heterocycles. The summed E-state index contributed by atoms with van der Waals surface area (Å²) in [6.45, 7) is 13.3. The zero-order valence-electron chi connectivity index (χ0n) is 12.5. The molecule has 1 aliphatic carbocycles. The summed E-state index contributed by atoms with van der Waals surface area (Å²) >= 11 is 0. The van der Waals surface area contributed by atoms with Crippen molar-refractivity contribution in [3.63, 3.8) is 0 Å². The van der Waals surface area contributed by atoms with E-state index in [1.807, 2.05) is 0 Å². The van der Waals surface area contributed by atoms with Crippen LogP contribution in [0.3, 0.4) is 0 Å². The van der Waals surface area contributed by atoms with Crippen LogP contribution >= 0.6 is 0 Å². The molecule has 0 spiro atoms. The predicted molar refractivity (Wildman–Crippen MR) is 75.6 cm³/mol. The normalized spacial score (nSPS) is 37.7. The maximum absolute atomic E-state index is 6.79. The fraction of sp³-hybridized carbons (Fsp3) is 1.00. The van der Waals surface area contributed by atoms with Crippen LogP contribution in [0.2, 0.25) is 0 Å². The van der Waals surface area contributed by atoms with Crippen LogP contribution in [-0.4, -0.2) is 42.8 Å². The molecule has 0 aromatic rings. The van der Waals surface area contributed by atoms with E-state index in [2.05, 4.69) is 32.6 Å². The number of unbranched alkanes of at least 4 members (excludes halogenated alkanes) is 1. The molecule has 3 atom stereocenters. The second-order valence-corrected chi connectivity index (χ2v) is 6.67. The third-order valence-corrected chi connectivity index (χ3v) is 5.42. The molecule has 106 valence electrons.